The second-order valence-electron chi connectivity index (χ2n) is 11.5. The summed E-state index contributed by atoms with van der Waals surface area (Å²) in [5.74, 6) is -2.12. The predicted molar refractivity (Wildman–Crippen MR) is 157 cm³/mol. The van der Waals surface area contributed by atoms with E-state index >= 15 is 0 Å². The summed E-state index contributed by atoms with van der Waals surface area (Å²) in [6.07, 6.45) is 4.59. The molecular formula is C30H42N6O7. The zero-order valence-electron chi connectivity index (χ0n) is 25.4. The molecule has 13 heteroatoms. The molecule has 3 rings (SSSR count). The van der Waals surface area contributed by atoms with Gasteiger partial charge in [-0.05, 0) is 45.6 Å². The van der Waals surface area contributed by atoms with Crippen molar-refractivity contribution in [2.45, 2.75) is 76.6 Å². The van der Waals surface area contributed by atoms with E-state index in [-0.39, 0.29) is 12.8 Å². The van der Waals surface area contributed by atoms with Crippen molar-refractivity contribution < 1.29 is 33.4 Å². The van der Waals surface area contributed by atoms with Crippen molar-refractivity contribution in [3.05, 3.63) is 54.1 Å². The highest BCUT2D eigenvalue weighted by Gasteiger charge is 2.37. The van der Waals surface area contributed by atoms with Crippen LogP contribution in [-0.2, 0) is 48.5 Å². The van der Waals surface area contributed by atoms with Crippen LogP contribution in [0, 0.1) is 0 Å². The van der Waals surface area contributed by atoms with E-state index in [1.165, 1.54) is 12.0 Å². The number of nitrogens with zero attached hydrogens (tertiary/aromatic N) is 3. The van der Waals surface area contributed by atoms with Crippen LogP contribution in [0.4, 0.5) is 4.79 Å². The summed E-state index contributed by atoms with van der Waals surface area (Å²) >= 11 is 0. The van der Waals surface area contributed by atoms with Crippen molar-refractivity contribution >= 4 is 29.8 Å². The quantitative estimate of drug-likeness (QED) is 0.326. The molecule has 2 aromatic rings. The van der Waals surface area contributed by atoms with E-state index in [0.717, 1.165) is 5.56 Å². The molecule has 1 aromatic carbocycles. The second-order valence-corrected chi connectivity index (χ2v) is 11.5. The summed E-state index contributed by atoms with van der Waals surface area (Å²) in [7, 11) is 3.02. The molecule has 43 heavy (non-hydrogen) atoms. The molecular weight excluding hydrogens is 556 g/mol. The molecule has 0 aliphatic carbocycles. The standard InChI is InChI=1S/C30H42N6O7/c1-30(2,3)43-29(41)34-22(16-21-17-31-19-35(21)4)27(39)36-14-10-9-13-24(36)26(38)32-18-25(37)33-23(28(40)42-5)15-20-11-7-6-8-12-20/h6-8,11-12,17,19,22-24H,9-10,13-16,18H2,1-5H3,(H,32,38)(H,33,37)(H,34,41)/t22-,23-,24+/m0/s1. The Morgan fingerprint density at radius 3 is 2.37 bits per heavy atom. The third kappa shape index (κ3) is 10.1. The fourth-order valence-electron chi connectivity index (χ4n) is 4.82. The molecule has 13 nitrogen and oxygen atoms in total. The largest absolute Gasteiger partial charge is 0.467 e. The lowest BCUT2D eigenvalue weighted by Crippen LogP contribution is -2.59. The minimum Gasteiger partial charge on any atom is -0.467 e. The molecule has 4 amide bonds. The van der Waals surface area contributed by atoms with Gasteiger partial charge in [-0.2, -0.15) is 0 Å². The first-order valence-electron chi connectivity index (χ1n) is 14.3. The smallest absolute Gasteiger partial charge is 0.408 e. The predicted octanol–water partition coefficient (Wildman–Crippen LogP) is 1.25. The minimum absolute atomic E-state index is 0.137. The number of imidazole rings is 1. The Morgan fingerprint density at radius 2 is 1.74 bits per heavy atom. The summed E-state index contributed by atoms with van der Waals surface area (Å²) in [6.45, 7) is 5.08. The van der Waals surface area contributed by atoms with E-state index in [1.54, 1.807) is 44.9 Å². The number of hydrogen-bond acceptors (Lipinski definition) is 8. The first kappa shape index (κ1) is 33.1. The van der Waals surface area contributed by atoms with Crippen molar-refractivity contribution in [2.75, 3.05) is 20.2 Å². The molecule has 0 radical (unpaired) electrons. The van der Waals surface area contributed by atoms with Gasteiger partial charge >= 0.3 is 12.1 Å². The Hall–Kier alpha value is -4.42. The highest BCUT2D eigenvalue weighted by molar-refractivity contribution is 5.94. The normalized spacial score (nSPS) is 16.4. The number of carbonyl (C=O) groups is 5. The topological polar surface area (TPSA) is 161 Å². The van der Waals surface area contributed by atoms with Crippen LogP contribution in [0.15, 0.2) is 42.9 Å². The maximum atomic E-state index is 13.8. The summed E-state index contributed by atoms with van der Waals surface area (Å²) in [5, 5.41) is 7.89. The molecule has 1 aromatic heterocycles. The number of aryl methyl sites for hydroxylation is 1. The van der Waals surface area contributed by atoms with Gasteiger partial charge in [-0.15, -0.1) is 0 Å². The average Bonchev–Trinajstić information content (AvgIpc) is 3.37. The lowest BCUT2D eigenvalue weighted by molar-refractivity contribution is -0.145. The van der Waals surface area contributed by atoms with Gasteiger partial charge in [-0.3, -0.25) is 14.4 Å². The molecule has 1 saturated heterocycles. The maximum absolute atomic E-state index is 13.8. The highest BCUT2D eigenvalue weighted by atomic mass is 16.6. The van der Waals surface area contributed by atoms with Gasteiger partial charge < -0.3 is 34.9 Å². The Kier molecular flexibility index (Phi) is 11.7. The molecule has 0 saturated carbocycles. The van der Waals surface area contributed by atoms with Gasteiger partial charge in [0.25, 0.3) is 0 Å². The number of piperidine rings is 1. The SMILES string of the molecule is COC(=O)[C@H](Cc1ccccc1)NC(=O)CNC(=O)[C@H]1CCCCN1C(=O)[C@H](Cc1cncn1C)NC(=O)OC(C)(C)C. The molecule has 3 atom stereocenters. The van der Waals surface area contributed by atoms with Crippen LogP contribution >= 0.6 is 0 Å². The van der Waals surface area contributed by atoms with Crippen LogP contribution in [0.5, 0.6) is 0 Å². The first-order chi connectivity index (χ1) is 20.4. The van der Waals surface area contributed by atoms with Crippen molar-refractivity contribution in [1.82, 2.24) is 30.4 Å². The lowest BCUT2D eigenvalue weighted by Gasteiger charge is -2.37. The van der Waals surface area contributed by atoms with Crippen molar-refractivity contribution in [3.8, 4) is 0 Å². The van der Waals surface area contributed by atoms with Crippen LogP contribution in [0.25, 0.3) is 0 Å². The molecule has 2 heterocycles. The number of methoxy groups -OCH3 is 1. The first-order valence-corrected chi connectivity index (χ1v) is 14.3. The number of hydrogen-bond donors (Lipinski definition) is 3. The van der Waals surface area contributed by atoms with Gasteiger partial charge in [0.05, 0.1) is 20.0 Å². The summed E-state index contributed by atoms with van der Waals surface area (Å²) in [6, 6.07) is 6.37. The minimum atomic E-state index is -1.01. The van der Waals surface area contributed by atoms with Gasteiger partial charge in [0.1, 0.15) is 23.7 Å². The number of likely N-dealkylation sites (tertiary alicyclic amines) is 1. The van der Waals surface area contributed by atoms with Gasteiger partial charge in [0.2, 0.25) is 17.7 Å². The lowest BCUT2D eigenvalue weighted by atomic mass is 9.99. The van der Waals surface area contributed by atoms with E-state index in [9.17, 15) is 24.0 Å². The van der Waals surface area contributed by atoms with Gasteiger partial charge in [-0.1, -0.05) is 30.3 Å². The average molecular weight is 599 g/mol. The number of aromatic nitrogens is 2. The fourth-order valence-corrected chi connectivity index (χ4v) is 4.82. The third-order valence-corrected chi connectivity index (χ3v) is 6.93. The number of carbonyl (C=O) groups excluding carboxylic acids is 5. The Morgan fingerprint density at radius 1 is 1.02 bits per heavy atom. The monoisotopic (exact) mass is 598 g/mol. The fraction of sp³-hybridized carbons (Fsp3) is 0.533. The zero-order valence-corrected chi connectivity index (χ0v) is 25.4. The molecule has 3 N–H and O–H groups in total. The number of benzene rings is 1. The molecule has 0 bridgehead atoms. The molecule has 1 aliphatic rings. The summed E-state index contributed by atoms with van der Waals surface area (Å²) in [4.78, 5) is 70.3. The zero-order chi connectivity index (χ0) is 31.6. The molecule has 234 valence electrons. The van der Waals surface area contributed by atoms with E-state index in [4.69, 9.17) is 9.47 Å². The molecule has 0 unspecified atom stereocenters. The number of esters is 1. The van der Waals surface area contributed by atoms with Crippen molar-refractivity contribution in [3.63, 3.8) is 0 Å². The van der Waals surface area contributed by atoms with Crippen LogP contribution in [0.2, 0.25) is 0 Å². The number of alkyl carbamates (subject to hydrolysis) is 1. The van der Waals surface area contributed by atoms with Crippen molar-refractivity contribution in [2.24, 2.45) is 7.05 Å². The van der Waals surface area contributed by atoms with E-state index in [1.807, 2.05) is 30.3 Å². The van der Waals surface area contributed by atoms with E-state index < -0.39 is 60.1 Å². The van der Waals surface area contributed by atoms with Gasteiger partial charge in [-0.25, -0.2) is 14.6 Å². The second kappa shape index (κ2) is 15.2. The molecule has 0 spiro atoms. The molecule has 1 fully saturated rings. The number of ether oxygens (including phenoxy) is 2. The molecule has 1 aliphatic heterocycles. The number of rotatable bonds is 11. The van der Waals surface area contributed by atoms with Crippen LogP contribution in [0.1, 0.15) is 51.3 Å². The van der Waals surface area contributed by atoms with Gasteiger partial charge in [0, 0.05) is 38.3 Å². The number of nitrogens with one attached hydrogen (secondary N) is 3. The Bertz CT molecular complexity index is 1270. The highest BCUT2D eigenvalue weighted by Crippen LogP contribution is 2.20. The van der Waals surface area contributed by atoms with Crippen LogP contribution in [-0.4, -0.2) is 88.2 Å². The van der Waals surface area contributed by atoms with Crippen molar-refractivity contribution in [1.29, 1.82) is 0 Å². The maximum Gasteiger partial charge on any atom is 0.408 e. The number of amides is 4. The van der Waals surface area contributed by atoms with E-state index in [2.05, 4.69) is 20.9 Å². The van der Waals surface area contributed by atoms with E-state index in [0.29, 0.717) is 31.5 Å². The summed E-state index contributed by atoms with van der Waals surface area (Å²) < 4.78 is 12.0. The Balaban J connectivity index is 1.67. The van der Waals surface area contributed by atoms with Crippen LogP contribution < -0.4 is 16.0 Å². The Labute approximate surface area is 251 Å². The summed E-state index contributed by atoms with van der Waals surface area (Å²) in [5.41, 5.74) is 0.769. The third-order valence-electron chi connectivity index (χ3n) is 6.93. The van der Waals surface area contributed by atoms with Crippen LogP contribution in [0.3, 0.4) is 0 Å². The van der Waals surface area contributed by atoms with Gasteiger partial charge in [0.15, 0.2) is 0 Å².